The molecule has 2 saturated carbocycles. The van der Waals surface area contributed by atoms with Crippen molar-refractivity contribution >= 4 is 27.3 Å². The lowest BCUT2D eigenvalue weighted by atomic mass is 9.83. The maximum absolute atomic E-state index is 13.5. The van der Waals surface area contributed by atoms with Crippen LogP contribution >= 0.6 is 0 Å². The normalized spacial score (nSPS) is 21.1. The number of aryl methyl sites for hydroxylation is 1. The standard InChI is InChI=1S/C27H30F3N9O3S/c1-26(40)8-5-17(6-9-26)34-20-12-24(32-14-19(20)21-11-22(27(28,29)30)38(2)37-21)35-23-7-10-31-25(36-23)16-13-33-39(15-16)43(41,42)18-3-4-18/h7,10-15,17-18,40H,3-6,8-9H2,1-2H3,(H2,31,32,34,35,36). The van der Waals surface area contributed by atoms with E-state index in [2.05, 4.69) is 35.8 Å². The largest absolute Gasteiger partial charge is 0.433 e. The second-order valence-electron chi connectivity index (χ2n) is 11.3. The minimum absolute atomic E-state index is 0.0193. The van der Waals surface area contributed by atoms with Gasteiger partial charge in [0.15, 0.2) is 5.82 Å². The van der Waals surface area contributed by atoms with Crippen LogP contribution in [0.4, 0.5) is 30.5 Å². The van der Waals surface area contributed by atoms with Crippen molar-refractivity contribution in [2.45, 2.75) is 68.5 Å². The van der Waals surface area contributed by atoms with Crippen LogP contribution in [0.3, 0.4) is 0 Å². The summed E-state index contributed by atoms with van der Waals surface area (Å²) in [5.74, 6) is 0.970. The number of rotatable bonds is 8. The van der Waals surface area contributed by atoms with Gasteiger partial charge in [0, 0.05) is 42.8 Å². The van der Waals surface area contributed by atoms with Gasteiger partial charge in [0.1, 0.15) is 17.3 Å². The maximum atomic E-state index is 13.5. The van der Waals surface area contributed by atoms with Crippen molar-refractivity contribution in [1.82, 2.24) is 33.9 Å². The summed E-state index contributed by atoms with van der Waals surface area (Å²) in [6, 6.07) is 4.25. The van der Waals surface area contributed by atoms with E-state index in [1.54, 1.807) is 19.1 Å². The zero-order valence-corrected chi connectivity index (χ0v) is 24.2. The minimum Gasteiger partial charge on any atom is -0.390 e. The van der Waals surface area contributed by atoms with E-state index in [-0.39, 0.29) is 17.6 Å². The van der Waals surface area contributed by atoms with Crippen molar-refractivity contribution in [3.63, 3.8) is 0 Å². The van der Waals surface area contributed by atoms with Crippen LogP contribution in [-0.4, -0.2) is 64.3 Å². The first-order valence-electron chi connectivity index (χ1n) is 13.8. The third kappa shape index (κ3) is 6.20. The van der Waals surface area contributed by atoms with Crippen molar-refractivity contribution in [2.75, 3.05) is 10.6 Å². The fourth-order valence-electron chi connectivity index (χ4n) is 5.09. The first kappa shape index (κ1) is 29.0. The van der Waals surface area contributed by atoms with Crippen molar-refractivity contribution in [3.05, 3.63) is 48.7 Å². The lowest BCUT2D eigenvalue weighted by molar-refractivity contribution is -0.143. The van der Waals surface area contributed by atoms with Gasteiger partial charge in [-0.05, 0) is 57.6 Å². The summed E-state index contributed by atoms with van der Waals surface area (Å²) in [7, 11) is -2.30. The van der Waals surface area contributed by atoms with Crippen LogP contribution in [0.5, 0.6) is 0 Å². The molecule has 12 nitrogen and oxygen atoms in total. The van der Waals surface area contributed by atoms with Crippen LogP contribution < -0.4 is 10.6 Å². The zero-order valence-electron chi connectivity index (χ0n) is 23.4. The Morgan fingerprint density at radius 1 is 1.07 bits per heavy atom. The van der Waals surface area contributed by atoms with E-state index in [1.165, 1.54) is 31.8 Å². The van der Waals surface area contributed by atoms with Crippen LogP contribution in [0.1, 0.15) is 51.1 Å². The highest BCUT2D eigenvalue weighted by molar-refractivity contribution is 7.90. The molecule has 4 aromatic heterocycles. The fourth-order valence-corrected chi connectivity index (χ4v) is 6.57. The Balaban J connectivity index is 1.28. The lowest BCUT2D eigenvalue weighted by Gasteiger charge is -2.34. The number of hydrogen-bond acceptors (Lipinski definition) is 10. The number of aliphatic hydroxyl groups is 1. The van der Waals surface area contributed by atoms with E-state index < -0.39 is 32.7 Å². The number of nitrogens with one attached hydrogen (secondary N) is 2. The summed E-state index contributed by atoms with van der Waals surface area (Å²) < 4.78 is 67.3. The topological polar surface area (TPSA) is 153 Å². The van der Waals surface area contributed by atoms with E-state index in [0.717, 1.165) is 14.8 Å². The van der Waals surface area contributed by atoms with Crippen LogP contribution in [0, 0.1) is 0 Å². The van der Waals surface area contributed by atoms with Gasteiger partial charge in [0.05, 0.1) is 34.5 Å². The lowest BCUT2D eigenvalue weighted by Crippen LogP contribution is -2.35. The average molecular weight is 618 g/mol. The van der Waals surface area contributed by atoms with Crippen molar-refractivity contribution < 1.29 is 26.7 Å². The molecular formula is C27H30F3N9O3S. The predicted molar refractivity (Wildman–Crippen MR) is 152 cm³/mol. The zero-order chi connectivity index (χ0) is 30.6. The molecule has 0 radical (unpaired) electrons. The Bertz CT molecular complexity index is 1750. The summed E-state index contributed by atoms with van der Waals surface area (Å²) in [5.41, 5.74) is -0.189. The van der Waals surface area contributed by atoms with E-state index in [1.807, 2.05) is 0 Å². The molecule has 0 aliphatic heterocycles. The van der Waals surface area contributed by atoms with Crippen LogP contribution in [0.25, 0.3) is 22.6 Å². The summed E-state index contributed by atoms with van der Waals surface area (Å²) >= 11 is 0. The molecule has 16 heteroatoms. The smallest absolute Gasteiger partial charge is 0.390 e. The van der Waals surface area contributed by atoms with Gasteiger partial charge in [-0.15, -0.1) is 0 Å². The summed E-state index contributed by atoms with van der Waals surface area (Å²) in [5, 5.41) is 24.6. The van der Waals surface area contributed by atoms with Crippen LogP contribution in [-0.2, 0) is 23.2 Å². The molecule has 2 aliphatic rings. The van der Waals surface area contributed by atoms with Crippen molar-refractivity contribution in [3.8, 4) is 22.6 Å². The Morgan fingerprint density at radius 2 is 1.81 bits per heavy atom. The molecule has 4 heterocycles. The molecular weight excluding hydrogens is 587 g/mol. The highest BCUT2D eigenvalue weighted by Crippen LogP contribution is 2.37. The second-order valence-corrected chi connectivity index (χ2v) is 13.4. The van der Waals surface area contributed by atoms with Gasteiger partial charge < -0.3 is 15.7 Å². The van der Waals surface area contributed by atoms with Crippen LogP contribution in [0.2, 0.25) is 0 Å². The monoisotopic (exact) mass is 617 g/mol. The average Bonchev–Trinajstić information content (AvgIpc) is 3.55. The molecule has 0 unspecified atom stereocenters. The third-order valence-corrected chi connectivity index (χ3v) is 9.74. The number of nitrogens with zero attached hydrogens (tertiary/aromatic N) is 7. The summed E-state index contributed by atoms with van der Waals surface area (Å²) in [6.07, 6.45) is 4.89. The van der Waals surface area contributed by atoms with Crippen molar-refractivity contribution in [2.24, 2.45) is 7.05 Å². The van der Waals surface area contributed by atoms with Crippen LogP contribution in [0.15, 0.2) is 43.0 Å². The number of halogens is 3. The van der Waals surface area contributed by atoms with Gasteiger partial charge in [-0.1, -0.05) is 0 Å². The van der Waals surface area contributed by atoms with Gasteiger partial charge in [-0.3, -0.25) is 4.68 Å². The quantitative estimate of drug-likeness (QED) is 0.260. The van der Waals surface area contributed by atoms with E-state index >= 15 is 0 Å². The first-order valence-corrected chi connectivity index (χ1v) is 15.3. The molecule has 228 valence electrons. The Morgan fingerprint density at radius 3 is 2.49 bits per heavy atom. The van der Waals surface area contributed by atoms with E-state index in [9.17, 15) is 26.7 Å². The molecule has 4 aromatic rings. The molecule has 6 rings (SSSR count). The molecule has 0 saturated heterocycles. The molecule has 0 bridgehead atoms. The number of aromatic nitrogens is 7. The third-order valence-electron chi connectivity index (χ3n) is 7.71. The van der Waals surface area contributed by atoms with E-state index in [0.29, 0.717) is 67.0 Å². The number of alkyl halides is 3. The molecule has 2 fully saturated rings. The summed E-state index contributed by atoms with van der Waals surface area (Å²) in [4.78, 5) is 13.1. The van der Waals surface area contributed by atoms with Gasteiger partial charge >= 0.3 is 6.18 Å². The minimum atomic E-state index is -4.57. The van der Waals surface area contributed by atoms with Gasteiger partial charge in [-0.25, -0.2) is 23.4 Å². The molecule has 0 aromatic carbocycles. The molecule has 0 spiro atoms. The Kier molecular flexibility index (Phi) is 7.15. The molecule has 2 aliphatic carbocycles. The highest BCUT2D eigenvalue weighted by atomic mass is 32.2. The second kappa shape index (κ2) is 10.6. The number of anilines is 3. The first-order chi connectivity index (χ1) is 20.3. The molecule has 0 atom stereocenters. The highest BCUT2D eigenvalue weighted by Gasteiger charge is 2.38. The summed E-state index contributed by atoms with van der Waals surface area (Å²) in [6.45, 7) is 1.79. The number of hydrogen-bond donors (Lipinski definition) is 3. The van der Waals surface area contributed by atoms with E-state index in [4.69, 9.17) is 0 Å². The SMILES string of the molecule is Cn1nc(-c2cnc(Nc3ccnc(-c4cnn(S(=O)(=O)C5CC5)c4)n3)cc2NC2CCC(C)(O)CC2)cc1C(F)(F)F. The van der Waals surface area contributed by atoms with Crippen molar-refractivity contribution in [1.29, 1.82) is 0 Å². The van der Waals surface area contributed by atoms with Gasteiger partial charge in [0.2, 0.25) is 0 Å². The maximum Gasteiger partial charge on any atom is 0.433 e. The Labute approximate surface area is 245 Å². The molecule has 0 amide bonds. The Hall–Kier alpha value is -4.05. The molecule has 3 N–H and O–H groups in total. The predicted octanol–water partition coefficient (Wildman–Crippen LogP) is 4.34. The number of pyridine rings is 1. The van der Waals surface area contributed by atoms with Gasteiger partial charge in [-0.2, -0.15) is 27.5 Å². The van der Waals surface area contributed by atoms with Gasteiger partial charge in [0.25, 0.3) is 10.0 Å². The molecule has 43 heavy (non-hydrogen) atoms. The fraction of sp³-hybridized carbons (Fsp3) is 0.444.